The lowest BCUT2D eigenvalue weighted by Gasteiger charge is -2.33. The van der Waals surface area contributed by atoms with Crippen molar-refractivity contribution in [3.8, 4) is 0 Å². The fourth-order valence-electron chi connectivity index (χ4n) is 11.3. The molecule has 5 atom stereocenters. The standard InChI is InChI=1S/C60H91N15O11S3/c1-2-45-57(83)68-46(12-13-50(61)76)58(84)69-47(33-41-8-4-3-5-9-41)56(82)66-16-29-89-40-44-31-42(38-87-27-14-55(81)74-17-7-11-49(74)60(86)75-18-6-10-48(75)59(85)67-45)30-43(32-44)39-88-28-15-65-54(80)37-73-25-23-71(35-52(63)78)21-19-70(34-51(62)77)20-22-72(24-26-73)36-53(64)79/h3-5,8-9,30-32,45-49H,2,6-7,10-29,33-40H2,1H3,(H2,61,76)(H2,62,77)(H2,63,78)(H2,64,79)(H,65,80)(H,66,82)(H,67,85)(H,68,83)(H,69,84)/t45-,46-,47-,48-,49-/m0/s1. The lowest BCUT2D eigenvalue weighted by Crippen LogP contribution is -2.59. The number of nitrogens with one attached hydrogen (secondary N) is 5. The maximum atomic E-state index is 14.3. The maximum Gasteiger partial charge on any atom is 0.246 e. The number of carbonyl (C=O) groups excluding carboxylic acids is 11. The summed E-state index contributed by atoms with van der Waals surface area (Å²) in [7, 11) is 0. The van der Waals surface area contributed by atoms with Gasteiger partial charge >= 0.3 is 0 Å². The fourth-order valence-corrected chi connectivity index (χ4v) is 13.8. The Balaban J connectivity index is 1.13. The van der Waals surface area contributed by atoms with Crippen molar-refractivity contribution < 1.29 is 52.7 Å². The van der Waals surface area contributed by atoms with Gasteiger partial charge in [0.05, 0.1) is 26.2 Å². The summed E-state index contributed by atoms with van der Waals surface area (Å²) in [6, 6.07) is 10.5. The second-order valence-corrected chi connectivity index (χ2v) is 26.2. The number of rotatable bonds is 19. The van der Waals surface area contributed by atoms with Gasteiger partial charge in [-0.3, -0.25) is 72.3 Å². The third-order valence-electron chi connectivity index (χ3n) is 15.9. The third-order valence-corrected chi connectivity index (χ3v) is 19.0. The minimum Gasteiger partial charge on any atom is -0.370 e. The first-order chi connectivity index (χ1) is 42.7. The van der Waals surface area contributed by atoms with Crippen LogP contribution in [0.2, 0.25) is 0 Å². The minimum absolute atomic E-state index is 0.000138. The fraction of sp³-hybridized carbons (Fsp3) is 0.617. The quantitative estimate of drug-likeness (QED) is 0.0691. The Bertz CT molecular complexity index is 2720. The van der Waals surface area contributed by atoms with Gasteiger partial charge in [-0.2, -0.15) is 35.3 Å². The molecule has 3 fully saturated rings. The molecule has 0 aromatic heterocycles. The van der Waals surface area contributed by atoms with E-state index in [0.29, 0.717) is 132 Å². The van der Waals surface area contributed by atoms with Crippen LogP contribution in [0.3, 0.4) is 0 Å². The molecule has 4 heterocycles. The summed E-state index contributed by atoms with van der Waals surface area (Å²) in [5.41, 5.74) is 26.2. The van der Waals surface area contributed by atoms with Gasteiger partial charge in [0, 0.05) is 132 Å². The number of hydrogen-bond donors (Lipinski definition) is 9. The first-order valence-corrected chi connectivity index (χ1v) is 34.2. The highest BCUT2D eigenvalue weighted by Crippen LogP contribution is 2.28. The molecule has 490 valence electrons. The first-order valence-electron chi connectivity index (χ1n) is 30.7. The van der Waals surface area contributed by atoms with Crippen molar-refractivity contribution in [3.63, 3.8) is 0 Å². The maximum absolute atomic E-state index is 14.3. The summed E-state index contributed by atoms with van der Waals surface area (Å²) < 4.78 is 0. The Labute approximate surface area is 534 Å². The van der Waals surface area contributed by atoms with Crippen LogP contribution in [0.1, 0.15) is 80.5 Å². The zero-order valence-electron chi connectivity index (χ0n) is 51.1. The molecule has 0 saturated carbocycles. The van der Waals surface area contributed by atoms with Crippen LogP contribution in [0.25, 0.3) is 0 Å². The molecule has 0 spiro atoms. The van der Waals surface area contributed by atoms with Crippen LogP contribution in [-0.4, -0.2) is 247 Å². The Kier molecular flexibility index (Phi) is 30.2. The molecule has 2 bridgehead atoms. The smallest absolute Gasteiger partial charge is 0.246 e. The second kappa shape index (κ2) is 37.6. The zero-order valence-corrected chi connectivity index (χ0v) is 53.6. The first kappa shape index (κ1) is 71.6. The van der Waals surface area contributed by atoms with E-state index in [-0.39, 0.29) is 82.5 Å². The average Bonchev–Trinajstić information content (AvgIpc) is 3.26. The van der Waals surface area contributed by atoms with E-state index < -0.39 is 77.5 Å². The van der Waals surface area contributed by atoms with Crippen LogP contribution in [-0.2, 0) is 76.4 Å². The van der Waals surface area contributed by atoms with E-state index >= 15 is 0 Å². The van der Waals surface area contributed by atoms with Crippen molar-refractivity contribution >= 4 is 100 Å². The number of amides is 11. The number of carbonyl (C=O) groups is 11. The van der Waals surface area contributed by atoms with Crippen molar-refractivity contribution in [2.24, 2.45) is 22.9 Å². The molecule has 0 radical (unpaired) electrons. The molecule has 3 saturated heterocycles. The van der Waals surface area contributed by atoms with Gasteiger partial charge in [-0.25, -0.2) is 0 Å². The lowest BCUT2D eigenvalue weighted by atomic mass is 10.0. The van der Waals surface area contributed by atoms with Crippen molar-refractivity contribution in [2.75, 3.05) is 122 Å². The number of hydrogen-bond acceptors (Lipinski definition) is 18. The molecule has 4 aliphatic rings. The van der Waals surface area contributed by atoms with Gasteiger partial charge in [-0.05, 0) is 60.8 Å². The van der Waals surface area contributed by atoms with Gasteiger partial charge in [0.2, 0.25) is 65.0 Å². The van der Waals surface area contributed by atoms with Crippen molar-refractivity contribution in [2.45, 2.75) is 112 Å². The van der Waals surface area contributed by atoms with Crippen molar-refractivity contribution in [1.29, 1.82) is 0 Å². The Hall–Kier alpha value is -6.50. The van der Waals surface area contributed by atoms with Gasteiger partial charge in [0.1, 0.15) is 30.2 Å². The highest BCUT2D eigenvalue weighted by molar-refractivity contribution is 7.99. The predicted molar refractivity (Wildman–Crippen MR) is 343 cm³/mol. The number of thioether (sulfide) groups is 3. The molecule has 2 aromatic carbocycles. The number of primary amides is 4. The van der Waals surface area contributed by atoms with Crippen molar-refractivity contribution in [1.82, 2.24) is 56.0 Å². The third kappa shape index (κ3) is 25.0. The molecular formula is C60H91N15O11S3. The van der Waals surface area contributed by atoms with Crippen LogP contribution in [0.15, 0.2) is 48.5 Å². The molecule has 13 N–H and O–H groups in total. The van der Waals surface area contributed by atoms with E-state index in [1.807, 2.05) is 49.9 Å². The molecule has 6 rings (SSSR count). The lowest BCUT2D eigenvalue weighted by molar-refractivity contribution is -0.146. The molecule has 89 heavy (non-hydrogen) atoms. The monoisotopic (exact) mass is 1290 g/mol. The second-order valence-electron chi connectivity index (χ2n) is 22.9. The van der Waals surface area contributed by atoms with Gasteiger partial charge < -0.3 is 59.3 Å². The van der Waals surface area contributed by atoms with E-state index in [1.54, 1.807) is 47.1 Å². The Morgan fingerprint density at radius 2 is 1.11 bits per heavy atom. The van der Waals surface area contributed by atoms with Crippen LogP contribution in [0, 0.1) is 0 Å². The van der Waals surface area contributed by atoms with E-state index in [1.165, 1.54) is 4.90 Å². The molecule has 11 amide bonds. The minimum atomic E-state index is -1.30. The summed E-state index contributed by atoms with van der Waals surface area (Å²) in [4.78, 5) is 156. The van der Waals surface area contributed by atoms with Gasteiger partial charge in [0.15, 0.2) is 0 Å². The molecule has 29 heteroatoms. The summed E-state index contributed by atoms with van der Waals surface area (Å²) in [6.45, 7) is 6.57. The summed E-state index contributed by atoms with van der Waals surface area (Å²) in [5.74, 6) is -1.73. The number of fused-ring (bicyclic) bond motifs is 4. The summed E-state index contributed by atoms with van der Waals surface area (Å²) >= 11 is 4.89. The summed E-state index contributed by atoms with van der Waals surface area (Å²) in [6.07, 6.45) is 2.04. The van der Waals surface area contributed by atoms with Crippen LogP contribution in [0.4, 0.5) is 0 Å². The molecule has 4 aliphatic heterocycles. The molecule has 0 unspecified atom stereocenters. The van der Waals surface area contributed by atoms with Gasteiger partial charge in [-0.15, -0.1) is 0 Å². The number of benzene rings is 2. The molecule has 2 aromatic rings. The molecule has 0 aliphatic carbocycles. The van der Waals surface area contributed by atoms with Crippen LogP contribution < -0.4 is 49.5 Å². The normalized spacial score (nSPS) is 23.0. The van der Waals surface area contributed by atoms with Crippen LogP contribution >= 0.6 is 35.3 Å². The largest absolute Gasteiger partial charge is 0.370 e. The van der Waals surface area contributed by atoms with E-state index in [4.69, 9.17) is 22.9 Å². The molecule has 26 nitrogen and oxygen atoms in total. The average molecular weight is 1290 g/mol. The molecular weight excluding hydrogens is 1200 g/mol. The van der Waals surface area contributed by atoms with Gasteiger partial charge in [0.25, 0.3) is 0 Å². The summed E-state index contributed by atoms with van der Waals surface area (Å²) in [5, 5.41) is 14.3. The SMILES string of the molecule is CC[C@@H]1NC(=O)[C@@H]2CCCN2C(=O)[C@@H]2CCCN2C(=O)CCSCc2cc(CSCCNC(=O)CN3CCN(CC(N)=O)CCN(CC(N)=O)CCN(CC(N)=O)CC3)cc(c2)CSCCNC(=O)[C@H](Cc2ccccc2)NC(=O)[C@H](CCC(N)=O)NC1=O. The topological polar surface area (TPSA) is 371 Å². The number of nitrogens with two attached hydrogens (primary N) is 4. The van der Waals surface area contributed by atoms with E-state index in [2.05, 4.69) is 44.8 Å². The van der Waals surface area contributed by atoms with E-state index in [9.17, 15) is 52.7 Å². The van der Waals surface area contributed by atoms with E-state index in [0.717, 1.165) is 22.3 Å². The van der Waals surface area contributed by atoms with Crippen molar-refractivity contribution in [3.05, 3.63) is 70.8 Å². The number of nitrogens with zero attached hydrogens (tertiary/aromatic N) is 6. The Morgan fingerprint density at radius 1 is 0.584 bits per heavy atom. The highest BCUT2D eigenvalue weighted by Gasteiger charge is 2.43. The van der Waals surface area contributed by atoms with Crippen LogP contribution in [0.5, 0.6) is 0 Å². The highest BCUT2D eigenvalue weighted by atomic mass is 32.2. The predicted octanol–water partition coefficient (Wildman–Crippen LogP) is -1.95. The zero-order chi connectivity index (χ0) is 64.2. The Morgan fingerprint density at radius 3 is 1.69 bits per heavy atom. The van der Waals surface area contributed by atoms with Gasteiger partial charge in [-0.1, -0.05) is 55.5 Å².